The van der Waals surface area contributed by atoms with Crippen molar-refractivity contribution in [2.45, 2.75) is 32.8 Å². The summed E-state index contributed by atoms with van der Waals surface area (Å²) in [5.74, 6) is 0.0337. The molecule has 0 bridgehead atoms. The largest absolute Gasteiger partial charge is 0.458 e. The van der Waals surface area contributed by atoms with Crippen molar-refractivity contribution < 1.29 is 9.53 Å². The van der Waals surface area contributed by atoms with Gasteiger partial charge in [0.2, 0.25) is 0 Å². The van der Waals surface area contributed by atoms with Crippen molar-refractivity contribution in [2.24, 2.45) is 0 Å². The van der Waals surface area contributed by atoms with E-state index < -0.39 is 0 Å². The van der Waals surface area contributed by atoms with E-state index in [1.54, 1.807) is 0 Å². The molecule has 1 aromatic carbocycles. The Labute approximate surface area is 165 Å². The molecule has 1 unspecified atom stereocenters. The lowest BCUT2D eigenvalue weighted by Crippen LogP contribution is -2.44. The van der Waals surface area contributed by atoms with Gasteiger partial charge in [-0.1, -0.05) is 11.6 Å². The molecule has 1 amide bonds. The Bertz CT molecular complexity index is 748. The Morgan fingerprint density at radius 3 is 2.52 bits per heavy atom. The van der Waals surface area contributed by atoms with Crippen LogP contribution in [-0.4, -0.2) is 53.1 Å². The number of piperidine rings is 1. The van der Waals surface area contributed by atoms with Crippen molar-refractivity contribution in [3.63, 3.8) is 0 Å². The maximum atomic E-state index is 12.9. The second-order valence-corrected chi connectivity index (χ2v) is 6.97. The molecular weight excluding hydrogens is 364 g/mol. The number of carbonyl (C=O) groups is 1. The minimum absolute atomic E-state index is 0.0337. The van der Waals surface area contributed by atoms with E-state index in [1.807, 2.05) is 29.2 Å². The first-order valence-electron chi connectivity index (χ1n) is 9.39. The Morgan fingerprint density at radius 1 is 1.22 bits per heavy atom. The lowest BCUT2D eigenvalue weighted by Gasteiger charge is -2.32. The molecule has 2 aromatic rings. The highest BCUT2D eigenvalue weighted by atomic mass is 35.5. The van der Waals surface area contributed by atoms with Crippen LogP contribution < -0.4 is 9.64 Å². The molecule has 0 radical (unpaired) electrons. The minimum atomic E-state index is -0.112. The van der Waals surface area contributed by atoms with Crippen LogP contribution in [0.4, 0.5) is 5.69 Å². The number of ether oxygens (including phenoxy) is 1. The van der Waals surface area contributed by atoms with Crippen molar-refractivity contribution in [1.29, 1.82) is 0 Å². The van der Waals surface area contributed by atoms with Gasteiger partial charge in [0.1, 0.15) is 6.10 Å². The van der Waals surface area contributed by atoms with E-state index in [0.29, 0.717) is 23.1 Å². The summed E-state index contributed by atoms with van der Waals surface area (Å²) in [5.41, 5.74) is 1.84. The van der Waals surface area contributed by atoms with Crippen LogP contribution in [0.2, 0.25) is 5.02 Å². The van der Waals surface area contributed by atoms with E-state index >= 15 is 0 Å². The van der Waals surface area contributed by atoms with Crippen molar-refractivity contribution in [1.82, 2.24) is 14.9 Å². The zero-order valence-electron chi connectivity index (χ0n) is 15.8. The van der Waals surface area contributed by atoms with Crippen LogP contribution in [0.15, 0.2) is 36.7 Å². The number of hydrogen-bond acceptors (Lipinski definition) is 5. The van der Waals surface area contributed by atoms with Crippen LogP contribution >= 0.6 is 11.6 Å². The maximum Gasteiger partial charge on any atom is 0.316 e. The van der Waals surface area contributed by atoms with Gasteiger partial charge in [0, 0.05) is 30.9 Å². The molecule has 1 atom stereocenters. The van der Waals surface area contributed by atoms with Gasteiger partial charge < -0.3 is 14.5 Å². The molecule has 1 aliphatic heterocycles. The number of aromatic nitrogens is 2. The molecule has 0 spiro atoms. The third kappa shape index (κ3) is 4.89. The predicted octanol–water partition coefficient (Wildman–Crippen LogP) is 3.66. The molecule has 27 heavy (non-hydrogen) atoms. The number of benzene rings is 1. The van der Waals surface area contributed by atoms with Gasteiger partial charge in [-0.3, -0.25) is 4.79 Å². The molecule has 7 heteroatoms. The van der Waals surface area contributed by atoms with E-state index in [0.717, 1.165) is 38.2 Å². The van der Waals surface area contributed by atoms with Gasteiger partial charge in [-0.05, 0) is 51.0 Å². The molecule has 2 heterocycles. The highest BCUT2D eigenvalue weighted by Gasteiger charge is 2.26. The monoisotopic (exact) mass is 388 g/mol. The van der Waals surface area contributed by atoms with Crippen molar-refractivity contribution in [3.8, 4) is 6.01 Å². The molecule has 3 rings (SSSR count). The summed E-state index contributed by atoms with van der Waals surface area (Å²) < 4.78 is 5.82. The summed E-state index contributed by atoms with van der Waals surface area (Å²) in [6, 6.07) is 8.13. The number of anilines is 1. The molecule has 1 aliphatic rings. The van der Waals surface area contributed by atoms with Gasteiger partial charge in [-0.2, -0.15) is 0 Å². The summed E-state index contributed by atoms with van der Waals surface area (Å²) in [6.45, 7) is 7.41. The molecule has 0 N–H and O–H groups in total. The normalized spacial score (nSPS) is 16.9. The standard InChI is InChI=1S/C20H25ClN4O2/c1-3-24(4-2)17-9-7-15(8-10-17)19(26)25-11-5-6-18(14-25)27-20-22-12-16(21)13-23-20/h7-10,12-13,18H,3-6,11,14H2,1-2H3. The maximum absolute atomic E-state index is 12.9. The third-order valence-electron chi connectivity index (χ3n) is 4.78. The average molecular weight is 389 g/mol. The minimum Gasteiger partial charge on any atom is -0.458 e. The third-order valence-corrected chi connectivity index (χ3v) is 4.97. The first-order valence-corrected chi connectivity index (χ1v) is 9.77. The van der Waals surface area contributed by atoms with Crippen molar-refractivity contribution in [3.05, 3.63) is 47.2 Å². The highest BCUT2D eigenvalue weighted by molar-refractivity contribution is 6.30. The zero-order valence-corrected chi connectivity index (χ0v) is 16.5. The Kier molecular flexibility index (Phi) is 6.50. The molecular formula is C20H25ClN4O2. The number of likely N-dealkylation sites (tertiary alicyclic amines) is 1. The molecule has 1 fully saturated rings. The molecule has 0 aliphatic carbocycles. The lowest BCUT2D eigenvalue weighted by molar-refractivity contribution is 0.0516. The van der Waals surface area contributed by atoms with Crippen LogP contribution in [0.25, 0.3) is 0 Å². The fourth-order valence-electron chi connectivity index (χ4n) is 3.32. The quantitative estimate of drug-likeness (QED) is 0.755. The predicted molar refractivity (Wildman–Crippen MR) is 107 cm³/mol. The van der Waals surface area contributed by atoms with E-state index in [4.69, 9.17) is 16.3 Å². The van der Waals surface area contributed by atoms with Crippen LogP contribution in [0.1, 0.15) is 37.0 Å². The van der Waals surface area contributed by atoms with Gasteiger partial charge in [-0.15, -0.1) is 0 Å². The topological polar surface area (TPSA) is 58.6 Å². The summed E-state index contributed by atoms with van der Waals surface area (Å²) in [6.07, 6.45) is 4.66. The molecule has 0 saturated carbocycles. The van der Waals surface area contributed by atoms with Gasteiger partial charge in [-0.25, -0.2) is 9.97 Å². The lowest BCUT2D eigenvalue weighted by atomic mass is 10.1. The van der Waals surface area contributed by atoms with Crippen molar-refractivity contribution >= 4 is 23.2 Å². The zero-order chi connectivity index (χ0) is 19.2. The summed E-state index contributed by atoms with van der Waals surface area (Å²) >= 11 is 5.80. The Balaban J connectivity index is 1.63. The van der Waals surface area contributed by atoms with Crippen LogP contribution in [-0.2, 0) is 0 Å². The van der Waals surface area contributed by atoms with E-state index in [9.17, 15) is 4.79 Å². The van der Waals surface area contributed by atoms with E-state index in [1.165, 1.54) is 12.4 Å². The summed E-state index contributed by atoms with van der Waals surface area (Å²) in [7, 11) is 0. The van der Waals surface area contributed by atoms with Gasteiger partial charge in [0.05, 0.1) is 24.0 Å². The molecule has 1 saturated heterocycles. The first kappa shape index (κ1) is 19.4. The van der Waals surface area contributed by atoms with E-state index in [-0.39, 0.29) is 12.0 Å². The van der Waals surface area contributed by atoms with E-state index in [2.05, 4.69) is 28.7 Å². The number of amides is 1. The number of hydrogen-bond donors (Lipinski definition) is 0. The highest BCUT2D eigenvalue weighted by Crippen LogP contribution is 2.20. The van der Waals surface area contributed by atoms with Gasteiger partial charge >= 0.3 is 6.01 Å². The fourth-order valence-corrected chi connectivity index (χ4v) is 3.41. The van der Waals surface area contributed by atoms with Crippen molar-refractivity contribution in [2.75, 3.05) is 31.1 Å². The summed E-state index contributed by atoms with van der Waals surface area (Å²) in [4.78, 5) is 25.1. The molecule has 144 valence electrons. The van der Waals surface area contributed by atoms with Gasteiger partial charge in [0.15, 0.2) is 0 Å². The van der Waals surface area contributed by atoms with Crippen LogP contribution in [0.3, 0.4) is 0 Å². The molecule has 1 aromatic heterocycles. The summed E-state index contributed by atoms with van der Waals surface area (Å²) in [5, 5.41) is 0.468. The van der Waals surface area contributed by atoms with Gasteiger partial charge in [0.25, 0.3) is 5.91 Å². The Morgan fingerprint density at radius 2 is 1.89 bits per heavy atom. The second kappa shape index (κ2) is 9.04. The average Bonchev–Trinajstić information content (AvgIpc) is 2.71. The number of rotatable bonds is 6. The second-order valence-electron chi connectivity index (χ2n) is 6.54. The first-order chi connectivity index (χ1) is 13.1. The fraction of sp³-hybridized carbons (Fsp3) is 0.450. The SMILES string of the molecule is CCN(CC)c1ccc(C(=O)N2CCCC(Oc3ncc(Cl)cn3)C2)cc1. The smallest absolute Gasteiger partial charge is 0.316 e. The Hall–Kier alpha value is -2.34. The van der Waals surface area contributed by atoms with Crippen LogP contribution in [0.5, 0.6) is 6.01 Å². The number of nitrogens with zero attached hydrogens (tertiary/aromatic N) is 4. The van der Waals surface area contributed by atoms with Crippen LogP contribution in [0, 0.1) is 0 Å². The number of carbonyl (C=O) groups excluding carboxylic acids is 1. The molecule has 6 nitrogen and oxygen atoms in total. The number of halogens is 1.